The van der Waals surface area contributed by atoms with Gasteiger partial charge in [-0.15, -0.1) is 0 Å². The number of nitrogens with two attached hydrogens (primary N) is 1. The maximum atomic E-state index is 13.1. The van der Waals surface area contributed by atoms with Crippen molar-refractivity contribution in [3.63, 3.8) is 0 Å². The summed E-state index contributed by atoms with van der Waals surface area (Å²) >= 11 is 0. The first-order chi connectivity index (χ1) is 9.12. The van der Waals surface area contributed by atoms with Crippen molar-refractivity contribution in [3.8, 4) is 0 Å². The number of aromatic nitrogens is 2. The van der Waals surface area contributed by atoms with Gasteiger partial charge in [0.1, 0.15) is 11.6 Å². The molecule has 1 aromatic carbocycles. The van der Waals surface area contributed by atoms with Gasteiger partial charge >= 0.3 is 0 Å². The Hall–Kier alpha value is -1.82. The van der Waals surface area contributed by atoms with Crippen molar-refractivity contribution in [1.82, 2.24) is 10.1 Å². The van der Waals surface area contributed by atoms with Crippen molar-refractivity contribution >= 4 is 0 Å². The molecule has 2 aromatic rings. The number of hydrogen-bond acceptors (Lipinski definition) is 4. The van der Waals surface area contributed by atoms with Crippen LogP contribution in [0.5, 0.6) is 0 Å². The third-order valence-corrected chi connectivity index (χ3v) is 2.89. The van der Waals surface area contributed by atoms with Crippen LogP contribution in [-0.4, -0.2) is 16.7 Å². The fourth-order valence-electron chi connectivity index (χ4n) is 1.84. The zero-order chi connectivity index (χ0) is 13.8. The zero-order valence-electron chi connectivity index (χ0n) is 10.6. The summed E-state index contributed by atoms with van der Waals surface area (Å²) in [4.78, 5) is 4.20. The molecule has 0 spiro atoms. The zero-order valence-corrected chi connectivity index (χ0v) is 10.6. The highest BCUT2D eigenvalue weighted by molar-refractivity contribution is 5.21. The van der Waals surface area contributed by atoms with Gasteiger partial charge < -0.3 is 10.3 Å². The molecule has 2 N–H and O–H groups in total. The second-order valence-electron chi connectivity index (χ2n) is 4.34. The molecule has 19 heavy (non-hydrogen) atoms. The number of halogens is 2. The summed E-state index contributed by atoms with van der Waals surface area (Å²) in [6, 6.07) is 3.32. The first-order valence-corrected chi connectivity index (χ1v) is 6.10. The molecule has 0 aliphatic carbocycles. The van der Waals surface area contributed by atoms with Crippen LogP contribution in [0.2, 0.25) is 0 Å². The largest absolute Gasteiger partial charge is 0.339 e. The highest BCUT2D eigenvalue weighted by Gasteiger charge is 2.16. The molecular weight excluding hydrogens is 252 g/mol. The van der Waals surface area contributed by atoms with Crippen LogP contribution in [0, 0.1) is 11.6 Å². The van der Waals surface area contributed by atoms with E-state index < -0.39 is 11.6 Å². The number of rotatable bonds is 5. The molecule has 102 valence electrons. The van der Waals surface area contributed by atoms with Crippen molar-refractivity contribution in [3.05, 3.63) is 47.1 Å². The standard InChI is InChI=1S/C13H15F2N3O/c1-2-9(7-16)13-17-12(18-19-13)5-8-3-10(14)6-11(15)4-8/h3-4,6,9H,2,5,7,16H2,1H3. The molecule has 6 heteroatoms. The van der Waals surface area contributed by atoms with E-state index in [1.807, 2.05) is 6.92 Å². The number of benzene rings is 1. The molecule has 0 aliphatic rings. The molecule has 1 unspecified atom stereocenters. The normalized spacial score (nSPS) is 12.6. The van der Waals surface area contributed by atoms with E-state index in [1.165, 1.54) is 12.1 Å². The third-order valence-electron chi connectivity index (χ3n) is 2.89. The molecule has 1 aromatic heterocycles. The van der Waals surface area contributed by atoms with E-state index in [9.17, 15) is 8.78 Å². The van der Waals surface area contributed by atoms with E-state index in [0.717, 1.165) is 12.5 Å². The van der Waals surface area contributed by atoms with E-state index in [-0.39, 0.29) is 12.3 Å². The summed E-state index contributed by atoms with van der Waals surface area (Å²) in [6.45, 7) is 2.40. The smallest absolute Gasteiger partial charge is 0.231 e. The molecule has 0 radical (unpaired) electrons. The lowest BCUT2D eigenvalue weighted by molar-refractivity contribution is 0.348. The Morgan fingerprint density at radius 3 is 2.53 bits per heavy atom. The summed E-state index contributed by atoms with van der Waals surface area (Å²) < 4.78 is 31.2. The Labute approximate surface area is 109 Å². The van der Waals surface area contributed by atoms with Gasteiger partial charge in [-0.05, 0) is 24.1 Å². The Morgan fingerprint density at radius 1 is 1.26 bits per heavy atom. The van der Waals surface area contributed by atoms with Crippen molar-refractivity contribution in [1.29, 1.82) is 0 Å². The molecular formula is C13H15F2N3O. The monoisotopic (exact) mass is 267 g/mol. The first-order valence-electron chi connectivity index (χ1n) is 6.10. The van der Waals surface area contributed by atoms with Crippen LogP contribution in [-0.2, 0) is 6.42 Å². The topological polar surface area (TPSA) is 64.9 Å². The van der Waals surface area contributed by atoms with Crippen LogP contribution >= 0.6 is 0 Å². The van der Waals surface area contributed by atoms with Crippen molar-refractivity contribution in [2.75, 3.05) is 6.54 Å². The van der Waals surface area contributed by atoms with Gasteiger partial charge in [-0.25, -0.2) is 8.78 Å². The lowest BCUT2D eigenvalue weighted by atomic mass is 10.1. The summed E-state index contributed by atoms with van der Waals surface area (Å²) in [5.74, 6) is -0.353. The summed E-state index contributed by atoms with van der Waals surface area (Å²) in [6.07, 6.45) is 1.02. The lowest BCUT2D eigenvalue weighted by Gasteiger charge is -2.04. The average molecular weight is 267 g/mol. The molecule has 1 atom stereocenters. The van der Waals surface area contributed by atoms with Crippen LogP contribution in [0.3, 0.4) is 0 Å². The average Bonchev–Trinajstić information content (AvgIpc) is 2.78. The molecule has 0 aliphatic heterocycles. The maximum Gasteiger partial charge on any atom is 0.231 e. The lowest BCUT2D eigenvalue weighted by Crippen LogP contribution is -2.11. The first kappa shape index (κ1) is 13.6. The van der Waals surface area contributed by atoms with Crippen molar-refractivity contribution in [2.24, 2.45) is 5.73 Å². The summed E-state index contributed by atoms with van der Waals surface area (Å²) in [5, 5.41) is 3.80. The minimum Gasteiger partial charge on any atom is -0.339 e. The highest BCUT2D eigenvalue weighted by Crippen LogP contribution is 2.17. The second-order valence-corrected chi connectivity index (χ2v) is 4.34. The van der Waals surface area contributed by atoms with Crippen molar-refractivity contribution < 1.29 is 13.3 Å². The molecule has 4 nitrogen and oxygen atoms in total. The highest BCUT2D eigenvalue weighted by atomic mass is 19.1. The van der Waals surface area contributed by atoms with E-state index in [0.29, 0.717) is 23.8 Å². The van der Waals surface area contributed by atoms with Gasteiger partial charge in [0, 0.05) is 19.0 Å². The molecule has 0 saturated heterocycles. The molecule has 0 fully saturated rings. The Bertz CT molecular complexity index is 532. The number of nitrogens with zero attached hydrogens (tertiary/aromatic N) is 2. The van der Waals surface area contributed by atoms with Gasteiger partial charge in [0.05, 0.1) is 5.92 Å². The van der Waals surface area contributed by atoms with Gasteiger partial charge in [-0.3, -0.25) is 0 Å². The van der Waals surface area contributed by atoms with E-state index in [2.05, 4.69) is 10.1 Å². The third kappa shape index (κ3) is 3.35. The van der Waals surface area contributed by atoms with Gasteiger partial charge in [-0.2, -0.15) is 4.98 Å². The fraction of sp³-hybridized carbons (Fsp3) is 0.385. The second kappa shape index (κ2) is 5.88. The molecule has 2 rings (SSSR count). The summed E-state index contributed by atoms with van der Waals surface area (Å²) in [5.41, 5.74) is 6.05. The Balaban J connectivity index is 2.15. The van der Waals surface area contributed by atoms with E-state index >= 15 is 0 Å². The van der Waals surface area contributed by atoms with Crippen LogP contribution in [0.15, 0.2) is 22.7 Å². The molecule has 0 saturated carbocycles. The Kier molecular flexibility index (Phi) is 4.21. The van der Waals surface area contributed by atoms with E-state index in [1.54, 1.807) is 0 Å². The Morgan fingerprint density at radius 2 is 1.95 bits per heavy atom. The molecule has 0 amide bonds. The maximum absolute atomic E-state index is 13.1. The minimum absolute atomic E-state index is 0.0190. The van der Waals surface area contributed by atoms with Gasteiger partial charge in [0.25, 0.3) is 0 Å². The SMILES string of the molecule is CCC(CN)c1nc(Cc2cc(F)cc(F)c2)no1. The predicted molar refractivity (Wildman–Crippen MR) is 65.5 cm³/mol. The van der Waals surface area contributed by atoms with Crippen LogP contribution < -0.4 is 5.73 Å². The van der Waals surface area contributed by atoms with Crippen molar-refractivity contribution in [2.45, 2.75) is 25.7 Å². The predicted octanol–water partition coefficient (Wildman–Crippen LogP) is 2.39. The van der Waals surface area contributed by atoms with Crippen LogP contribution in [0.1, 0.15) is 36.5 Å². The van der Waals surface area contributed by atoms with Gasteiger partial charge in [-0.1, -0.05) is 12.1 Å². The fourth-order valence-corrected chi connectivity index (χ4v) is 1.84. The van der Waals surface area contributed by atoms with Crippen LogP contribution in [0.4, 0.5) is 8.78 Å². The van der Waals surface area contributed by atoms with Gasteiger partial charge in [0.15, 0.2) is 5.82 Å². The van der Waals surface area contributed by atoms with E-state index in [4.69, 9.17) is 10.3 Å². The molecule has 1 heterocycles. The number of hydrogen-bond donors (Lipinski definition) is 1. The quantitative estimate of drug-likeness (QED) is 0.903. The van der Waals surface area contributed by atoms with Gasteiger partial charge in [0.2, 0.25) is 5.89 Å². The minimum atomic E-state index is -0.618. The molecule has 0 bridgehead atoms. The van der Waals surface area contributed by atoms with Crippen LogP contribution in [0.25, 0.3) is 0 Å². The summed E-state index contributed by atoms with van der Waals surface area (Å²) in [7, 11) is 0.